The molecule has 1 aliphatic heterocycles. The molecule has 1 aliphatic rings. The molecule has 0 aromatic rings. The first kappa shape index (κ1) is 21.0. The second kappa shape index (κ2) is 13.3. The number of carbonyl (C=O) groups excluding carboxylic acids is 2. The monoisotopic (exact) mass is 338 g/mol. The summed E-state index contributed by atoms with van der Waals surface area (Å²) in [6.45, 7) is 7.28. The lowest BCUT2D eigenvalue weighted by molar-refractivity contribution is -0.139. The molecule has 0 bridgehead atoms. The van der Waals surface area contributed by atoms with Gasteiger partial charge in [-0.05, 0) is 12.8 Å². The largest absolute Gasteiger partial charge is 0.339 e. The van der Waals surface area contributed by atoms with Crippen molar-refractivity contribution in [3.8, 4) is 0 Å². The summed E-state index contributed by atoms with van der Waals surface area (Å²) in [5.74, 6) is 0.552. The fraction of sp³-hybridized carbons (Fsp3) is 0.900. The number of piperazine rings is 1. The van der Waals surface area contributed by atoms with Gasteiger partial charge >= 0.3 is 0 Å². The zero-order chi connectivity index (χ0) is 17.6. The molecule has 0 aliphatic carbocycles. The Morgan fingerprint density at radius 3 is 1.25 bits per heavy atom. The molecule has 1 fully saturated rings. The lowest BCUT2D eigenvalue weighted by Gasteiger charge is -2.35. The van der Waals surface area contributed by atoms with Crippen LogP contribution in [0.15, 0.2) is 0 Å². The Balaban J connectivity index is 2.11. The van der Waals surface area contributed by atoms with E-state index in [1.54, 1.807) is 0 Å². The van der Waals surface area contributed by atoms with Gasteiger partial charge in [0.15, 0.2) is 0 Å². The van der Waals surface area contributed by atoms with Crippen molar-refractivity contribution in [3.63, 3.8) is 0 Å². The summed E-state index contributed by atoms with van der Waals surface area (Å²) in [5.41, 5.74) is 0. The third kappa shape index (κ3) is 8.70. The summed E-state index contributed by atoms with van der Waals surface area (Å²) in [6.07, 6.45) is 13.2. The Hall–Kier alpha value is -1.06. The molecule has 0 N–H and O–H groups in total. The van der Waals surface area contributed by atoms with Gasteiger partial charge in [0.2, 0.25) is 11.8 Å². The summed E-state index contributed by atoms with van der Waals surface area (Å²) >= 11 is 0. The van der Waals surface area contributed by atoms with Gasteiger partial charge in [-0.15, -0.1) is 0 Å². The van der Waals surface area contributed by atoms with Crippen LogP contribution in [-0.4, -0.2) is 47.8 Å². The van der Waals surface area contributed by atoms with E-state index >= 15 is 0 Å². The van der Waals surface area contributed by atoms with Crippen LogP contribution in [0.25, 0.3) is 0 Å². The molecule has 0 unspecified atom stereocenters. The highest BCUT2D eigenvalue weighted by Crippen LogP contribution is 2.11. The molecule has 2 amide bonds. The minimum Gasteiger partial charge on any atom is -0.339 e. The number of hydrogen-bond acceptors (Lipinski definition) is 2. The van der Waals surface area contributed by atoms with Crippen LogP contribution in [-0.2, 0) is 9.59 Å². The SMILES string of the molecule is CCCCCCCC(=O)N1CCN(C(=O)CCCCCCC)CC1. The van der Waals surface area contributed by atoms with E-state index in [-0.39, 0.29) is 11.8 Å². The highest BCUT2D eigenvalue weighted by molar-refractivity contribution is 5.78. The molecule has 1 rings (SSSR count). The number of amides is 2. The van der Waals surface area contributed by atoms with E-state index in [0.29, 0.717) is 12.8 Å². The van der Waals surface area contributed by atoms with E-state index in [1.165, 1.54) is 38.5 Å². The van der Waals surface area contributed by atoms with E-state index < -0.39 is 0 Å². The number of unbranched alkanes of at least 4 members (excludes halogenated alkanes) is 8. The first-order valence-corrected chi connectivity index (χ1v) is 10.2. The second-order valence-electron chi connectivity index (χ2n) is 7.09. The van der Waals surface area contributed by atoms with Crippen molar-refractivity contribution in [1.29, 1.82) is 0 Å². The normalized spacial score (nSPS) is 14.9. The topological polar surface area (TPSA) is 40.6 Å². The molecule has 1 saturated heterocycles. The Kier molecular flexibility index (Phi) is 11.6. The lowest BCUT2D eigenvalue weighted by atomic mass is 10.1. The van der Waals surface area contributed by atoms with Crippen LogP contribution in [0, 0.1) is 0 Å². The first-order valence-electron chi connectivity index (χ1n) is 10.2. The molecule has 4 nitrogen and oxygen atoms in total. The van der Waals surface area contributed by atoms with Gasteiger partial charge in [0.05, 0.1) is 0 Å². The van der Waals surface area contributed by atoms with Gasteiger partial charge in [-0.25, -0.2) is 0 Å². The Labute approximate surface area is 149 Å². The second-order valence-corrected chi connectivity index (χ2v) is 7.09. The minimum atomic E-state index is 0.276. The van der Waals surface area contributed by atoms with Crippen molar-refractivity contribution >= 4 is 11.8 Å². The van der Waals surface area contributed by atoms with Gasteiger partial charge in [0, 0.05) is 39.0 Å². The molecule has 0 spiro atoms. The van der Waals surface area contributed by atoms with Crippen LogP contribution in [0.1, 0.15) is 90.9 Å². The average molecular weight is 339 g/mol. The van der Waals surface area contributed by atoms with Crippen LogP contribution in [0.3, 0.4) is 0 Å². The van der Waals surface area contributed by atoms with Crippen LogP contribution < -0.4 is 0 Å². The van der Waals surface area contributed by atoms with Gasteiger partial charge < -0.3 is 9.80 Å². The van der Waals surface area contributed by atoms with E-state index in [9.17, 15) is 9.59 Å². The Morgan fingerprint density at radius 1 is 0.583 bits per heavy atom. The van der Waals surface area contributed by atoms with E-state index in [0.717, 1.165) is 51.9 Å². The van der Waals surface area contributed by atoms with Crippen molar-refractivity contribution < 1.29 is 9.59 Å². The van der Waals surface area contributed by atoms with Gasteiger partial charge in [0.1, 0.15) is 0 Å². The average Bonchev–Trinajstić information content (AvgIpc) is 2.61. The molecule has 0 atom stereocenters. The Morgan fingerprint density at radius 2 is 0.917 bits per heavy atom. The van der Waals surface area contributed by atoms with Gasteiger partial charge in [-0.2, -0.15) is 0 Å². The molecule has 24 heavy (non-hydrogen) atoms. The van der Waals surface area contributed by atoms with Crippen molar-refractivity contribution in [2.75, 3.05) is 26.2 Å². The van der Waals surface area contributed by atoms with Crippen LogP contribution in [0.4, 0.5) is 0 Å². The smallest absolute Gasteiger partial charge is 0.222 e. The quantitative estimate of drug-likeness (QED) is 0.496. The maximum atomic E-state index is 12.2. The molecule has 0 saturated carbocycles. The molecule has 0 aromatic carbocycles. The first-order chi connectivity index (χ1) is 11.7. The summed E-state index contributed by atoms with van der Waals surface area (Å²) in [7, 11) is 0. The molecule has 1 heterocycles. The number of rotatable bonds is 12. The van der Waals surface area contributed by atoms with Crippen molar-refractivity contribution in [2.45, 2.75) is 90.9 Å². The predicted octanol–water partition coefficient (Wildman–Crippen LogP) is 4.38. The number of nitrogens with zero attached hydrogens (tertiary/aromatic N) is 2. The van der Waals surface area contributed by atoms with Crippen molar-refractivity contribution in [3.05, 3.63) is 0 Å². The zero-order valence-electron chi connectivity index (χ0n) is 16.0. The van der Waals surface area contributed by atoms with Crippen molar-refractivity contribution in [1.82, 2.24) is 9.80 Å². The van der Waals surface area contributed by atoms with Crippen molar-refractivity contribution in [2.24, 2.45) is 0 Å². The maximum Gasteiger partial charge on any atom is 0.222 e. The third-order valence-electron chi connectivity index (χ3n) is 4.97. The molecule has 4 heteroatoms. The maximum absolute atomic E-state index is 12.2. The standard InChI is InChI=1S/C20H38N2O2/c1-3-5-7-9-11-13-19(23)21-15-17-22(18-16-21)20(24)14-12-10-8-6-4-2/h3-18H2,1-2H3. The number of hydrogen-bond donors (Lipinski definition) is 0. The van der Waals surface area contributed by atoms with E-state index in [4.69, 9.17) is 0 Å². The molecule has 0 aromatic heterocycles. The molecule has 140 valence electrons. The summed E-state index contributed by atoms with van der Waals surface area (Å²) in [4.78, 5) is 28.3. The number of carbonyl (C=O) groups is 2. The fourth-order valence-corrected chi connectivity index (χ4v) is 3.28. The summed E-state index contributed by atoms with van der Waals surface area (Å²) in [6, 6.07) is 0. The zero-order valence-corrected chi connectivity index (χ0v) is 16.0. The Bertz CT molecular complexity index is 316. The molecule has 0 radical (unpaired) electrons. The molecular formula is C20H38N2O2. The minimum absolute atomic E-state index is 0.276. The van der Waals surface area contributed by atoms with E-state index in [1.807, 2.05) is 9.80 Å². The fourth-order valence-electron chi connectivity index (χ4n) is 3.28. The summed E-state index contributed by atoms with van der Waals surface area (Å²) < 4.78 is 0. The van der Waals surface area contributed by atoms with Crippen LogP contribution in [0.2, 0.25) is 0 Å². The van der Waals surface area contributed by atoms with Gasteiger partial charge in [0.25, 0.3) is 0 Å². The van der Waals surface area contributed by atoms with Crippen LogP contribution >= 0.6 is 0 Å². The van der Waals surface area contributed by atoms with Crippen LogP contribution in [0.5, 0.6) is 0 Å². The van der Waals surface area contributed by atoms with E-state index in [2.05, 4.69) is 13.8 Å². The van der Waals surface area contributed by atoms with Gasteiger partial charge in [-0.1, -0.05) is 65.2 Å². The highest BCUT2D eigenvalue weighted by Gasteiger charge is 2.23. The van der Waals surface area contributed by atoms with Gasteiger partial charge in [-0.3, -0.25) is 9.59 Å². The predicted molar refractivity (Wildman–Crippen MR) is 99.9 cm³/mol. The lowest BCUT2D eigenvalue weighted by Crippen LogP contribution is -2.50. The third-order valence-corrected chi connectivity index (χ3v) is 4.97. The summed E-state index contributed by atoms with van der Waals surface area (Å²) in [5, 5.41) is 0. The highest BCUT2D eigenvalue weighted by atomic mass is 16.2. The molecular weight excluding hydrogens is 300 g/mol.